The van der Waals surface area contributed by atoms with Crippen molar-refractivity contribution in [2.24, 2.45) is 0 Å². The minimum Gasteiger partial charge on any atom is -0.313 e. The number of carbonyl (C=O) groups is 1. The Bertz CT molecular complexity index is 862. The van der Waals surface area contributed by atoms with Crippen LogP contribution >= 0.6 is 0 Å². The van der Waals surface area contributed by atoms with Crippen LogP contribution in [0.15, 0.2) is 48.7 Å². The van der Waals surface area contributed by atoms with Crippen LogP contribution in [0, 0.1) is 5.95 Å². The number of pyridine rings is 2. The van der Waals surface area contributed by atoms with Gasteiger partial charge in [0.2, 0.25) is 11.9 Å². The number of carbonyl (C=O) groups excluding carboxylic acids is 1. The molecule has 1 amide bonds. The summed E-state index contributed by atoms with van der Waals surface area (Å²) in [6.45, 7) is 4.07. The second-order valence-corrected chi connectivity index (χ2v) is 5.21. The summed E-state index contributed by atoms with van der Waals surface area (Å²) in [5.74, 6) is -0.525. The van der Waals surface area contributed by atoms with E-state index in [0.29, 0.717) is 12.2 Å². The number of benzene rings is 1. The quantitative estimate of drug-likeness (QED) is 0.691. The van der Waals surface area contributed by atoms with Crippen LogP contribution in [0.3, 0.4) is 0 Å². The highest BCUT2D eigenvalue weighted by molar-refractivity contribution is 5.94. The van der Waals surface area contributed by atoms with Gasteiger partial charge in [-0.3, -0.25) is 4.79 Å². The number of rotatable bonds is 3. The molecule has 2 heterocycles. The minimum absolute atomic E-state index is 0.00857. The van der Waals surface area contributed by atoms with E-state index >= 15 is 0 Å². The van der Waals surface area contributed by atoms with Crippen LogP contribution in [-0.4, -0.2) is 22.4 Å². The van der Waals surface area contributed by atoms with Gasteiger partial charge in [-0.15, -0.1) is 0 Å². The van der Waals surface area contributed by atoms with Crippen molar-refractivity contribution in [1.29, 1.82) is 0 Å². The molecule has 0 fully saturated rings. The summed E-state index contributed by atoms with van der Waals surface area (Å²) in [7, 11) is 0. The summed E-state index contributed by atoms with van der Waals surface area (Å²) in [4.78, 5) is 21.7. The molecule has 2 aromatic heterocycles. The standard InChI is InChI=1S/C18H16FN3O/c1-3-22(12(2)23)15-7-4-13-5-8-16(21-17(13)10-15)14-6-9-18(19)20-11-14/h4-11H,3H2,1-2H3. The van der Waals surface area contributed by atoms with Crippen LogP contribution in [0.4, 0.5) is 10.1 Å². The van der Waals surface area contributed by atoms with E-state index in [1.165, 1.54) is 12.3 Å². The van der Waals surface area contributed by atoms with Gasteiger partial charge in [0, 0.05) is 36.3 Å². The Morgan fingerprint density at radius 3 is 2.61 bits per heavy atom. The fourth-order valence-electron chi connectivity index (χ4n) is 2.55. The number of amides is 1. The van der Waals surface area contributed by atoms with Gasteiger partial charge in [-0.1, -0.05) is 12.1 Å². The lowest BCUT2D eigenvalue weighted by atomic mass is 10.1. The SMILES string of the molecule is CCN(C(C)=O)c1ccc2ccc(-c3ccc(F)nc3)nc2c1. The topological polar surface area (TPSA) is 46.1 Å². The first-order valence-corrected chi connectivity index (χ1v) is 7.39. The van der Waals surface area contributed by atoms with Gasteiger partial charge < -0.3 is 4.90 Å². The monoisotopic (exact) mass is 309 g/mol. The number of hydrogen-bond donors (Lipinski definition) is 0. The molecule has 3 aromatic rings. The Morgan fingerprint density at radius 1 is 1.17 bits per heavy atom. The first-order chi connectivity index (χ1) is 11.1. The normalized spacial score (nSPS) is 10.7. The largest absolute Gasteiger partial charge is 0.313 e. The van der Waals surface area contributed by atoms with E-state index in [9.17, 15) is 9.18 Å². The lowest BCUT2D eigenvalue weighted by Crippen LogP contribution is -2.27. The summed E-state index contributed by atoms with van der Waals surface area (Å²) in [6, 6.07) is 12.5. The molecule has 4 nitrogen and oxygen atoms in total. The van der Waals surface area contributed by atoms with Gasteiger partial charge in [0.05, 0.1) is 11.2 Å². The van der Waals surface area contributed by atoms with Crippen molar-refractivity contribution < 1.29 is 9.18 Å². The molecule has 0 radical (unpaired) electrons. The predicted octanol–water partition coefficient (Wildman–Crippen LogP) is 3.81. The maximum Gasteiger partial charge on any atom is 0.223 e. The summed E-state index contributed by atoms with van der Waals surface area (Å²) >= 11 is 0. The Balaban J connectivity index is 2.07. The van der Waals surface area contributed by atoms with Crippen LogP contribution in [-0.2, 0) is 4.79 Å². The van der Waals surface area contributed by atoms with Crippen molar-refractivity contribution in [3.63, 3.8) is 0 Å². The van der Waals surface area contributed by atoms with Crippen molar-refractivity contribution in [2.45, 2.75) is 13.8 Å². The fourth-order valence-corrected chi connectivity index (χ4v) is 2.55. The van der Waals surface area contributed by atoms with Gasteiger partial charge in [-0.25, -0.2) is 9.97 Å². The molecule has 0 spiro atoms. The molecule has 3 rings (SSSR count). The van der Waals surface area contributed by atoms with Gasteiger partial charge in [0.15, 0.2) is 0 Å². The minimum atomic E-state index is -0.517. The lowest BCUT2D eigenvalue weighted by Gasteiger charge is -2.19. The third-order valence-corrected chi connectivity index (χ3v) is 3.71. The Morgan fingerprint density at radius 2 is 1.96 bits per heavy atom. The average Bonchev–Trinajstić information content (AvgIpc) is 2.55. The first kappa shape index (κ1) is 15.1. The molecule has 23 heavy (non-hydrogen) atoms. The Hall–Kier alpha value is -2.82. The van der Waals surface area contributed by atoms with Gasteiger partial charge in [0.25, 0.3) is 0 Å². The molecule has 0 aliphatic carbocycles. The zero-order chi connectivity index (χ0) is 16.4. The van der Waals surface area contributed by atoms with Crippen LogP contribution in [0.25, 0.3) is 22.2 Å². The van der Waals surface area contributed by atoms with E-state index in [1.54, 1.807) is 17.9 Å². The fraction of sp³-hybridized carbons (Fsp3) is 0.167. The molecule has 0 saturated heterocycles. The van der Waals surface area contributed by atoms with Crippen LogP contribution < -0.4 is 4.90 Å². The lowest BCUT2D eigenvalue weighted by molar-refractivity contribution is -0.116. The summed E-state index contributed by atoms with van der Waals surface area (Å²) in [5, 5.41) is 0.979. The van der Waals surface area contributed by atoms with E-state index in [-0.39, 0.29) is 5.91 Å². The van der Waals surface area contributed by atoms with Crippen molar-refractivity contribution in [3.8, 4) is 11.3 Å². The van der Waals surface area contributed by atoms with E-state index in [0.717, 1.165) is 22.2 Å². The molecule has 0 bridgehead atoms. The van der Waals surface area contributed by atoms with Gasteiger partial charge in [-0.2, -0.15) is 4.39 Å². The van der Waals surface area contributed by atoms with E-state index < -0.39 is 5.95 Å². The average molecular weight is 309 g/mol. The molecule has 0 aliphatic heterocycles. The highest BCUT2D eigenvalue weighted by atomic mass is 19.1. The molecule has 1 aromatic carbocycles. The van der Waals surface area contributed by atoms with Gasteiger partial charge >= 0.3 is 0 Å². The van der Waals surface area contributed by atoms with Crippen LogP contribution in [0.1, 0.15) is 13.8 Å². The van der Waals surface area contributed by atoms with Gasteiger partial charge in [-0.05, 0) is 37.3 Å². The number of nitrogens with zero attached hydrogens (tertiary/aromatic N) is 3. The van der Waals surface area contributed by atoms with E-state index in [4.69, 9.17) is 0 Å². The number of halogens is 1. The first-order valence-electron chi connectivity index (χ1n) is 7.39. The third-order valence-electron chi connectivity index (χ3n) is 3.71. The van der Waals surface area contributed by atoms with E-state index in [1.807, 2.05) is 37.3 Å². The van der Waals surface area contributed by atoms with Crippen molar-refractivity contribution in [2.75, 3.05) is 11.4 Å². The molecular formula is C18H16FN3O. The van der Waals surface area contributed by atoms with Crippen LogP contribution in [0.5, 0.6) is 0 Å². The molecule has 0 aliphatic rings. The van der Waals surface area contributed by atoms with Crippen molar-refractivity contribution in [1.82, 2.24) is 9.97 Å². The molecular weight excluding hydrogens is 293 g/mol. The summed E-state index contributed by atoms with van der Waals surface area (Å²) < 4.78 is 12.9. The Labute approximate surface area is 133 Å². The maximum absolute atomic E-state index is 12.9. The number of aromatic nitrogens is 2. The molecule has 5 heteroatoms. The number of anilines is 1. The second-order valence-electron chi connectivity index (χ2n) is 5.21. The zero-order valence-corrected chi connectivity index (χ0v) is 13.0. The molecule has 0 atom stereocenters. The molecule has 0 unspecified atom stereocenters. The third kappa shape index (κ3) is 3.04. The highest BCUT2D eigenvalue weighted by Crippen LogP contribution is 2.24. The molecule has 0 N–H and O–H groups in total. The van der Waals surface area contributed by atoms with Crippen molar-refractivity contribution in [3.05, 3.63) is 54.6 Å². The zero-order valence-electron chi connectivity index (χ0n) is 13.0. The maximum atomic E-state index is 12.9. The second kappa shape index (κ2) is 6.12. The molecule has 0 saturated carbocycles. The number of fused-ring (bicyclic) bond motifs is 1. The van der Waals surface area contributed by atoms with Gasteiger partial charge in [0.1, 0.15) is 0 Å². The van der Waals surface area contributed by atoms with Crippen LogP contribution in [0.2, 0.25) is 0 Å². The van der Waals surface area contributed by atoms with Crippen molar-refractivity contribution >= 4 is 22.5 Å². The smallest absolute Gasteiger partial charge is 0.223 e. The summed E-state index contributed by atoms with van der Waals surface area (Å²) in [5.41, 5.74) is 3.06. The molecule has 116 valence electrons. The highest BCUT2D eigenvalue weighted by Gasteiger charge is 2.10. The predicted molar refractivity (Wildman–Crippen MR) is 88.6 cm³/mol. The Kier molecular flexibility index (Phi) is 4.02. The summed E-state index contributed by atoms with van der Waals surface area (Å²) in [6.07, 6.45) is 1.46. The van der Waals surface area contributed by atoms with E-state index in [2.05, 4.69) is 9.97 Å². The number of hydrogen-bond acceptors (Lipinski definition) is 3.